The summed E-state index contributed by atoms with van der Waals surface area (Å²) in [7, 11) is 1.72. The lowest BCUT2D eigenvalue weighted by atomic mass is 10.1. The van der Waals surface area contributed by atoms with Crippen LogP contribution in [-0.2, 0) is 4.74 Å². The first-order valence-electron chi connectivity index (χ1n) is 5.91. The third-order valence-corrected chi connectivity index (χ3v) is 4.01. The minimum absolute atomic E-state index is 0.269. The monoisotopic (exact) mass is 284 g/mol. The summed E-state index contributed by atoms with van der Waals surface area (Å²) in [5, 5.41) is 5.07. The number of halogens is 1. The number of rotatable bonds is 5. The van der Waals surface area contributed by atoms with Crippen molar-refractivity contribution in [2.75, 3.05) is 19.0 Å². The fraction of sp³-hybridized carbons (Fsp3) is 0.462. The second-order valence-corrected chi connectivity index (χ2v) is 6.05. The van der Waals surface area contributed by atoms with Crippen LogP contribution in [0.5, 0.6) is 0 Å². The topological polar surface area (TPSA) is 34.1 Å². The Morgan fingerprint density at radius 1 is 1.44 bits per heavy atom. The highest BCUT2D eigenvalue weighted by Crippen LogP contribution is 2.28. The van der Waals surface area contributed by atoms with Crippen LogP contribution in [0.1, 0.15) is 13.8 Å². The zero-order valence-electron chi connectivity index (χ0n) is 10.7. The summed E-state index contributed by atoms with van der Waals surface area (Å²) in [5.74, 6) is 0.487. The van der Waals surface area contributed by atoms with Gasteiger partial charge in [0.05, 0.1) is 22.9 Å². The standard InChI is InChI=1S/C13H17ClN2OS/c1-8(2)11(7-17-3)16-13-15-10-6-9(14)4-5-12(10)18-13/h4-6,8,11H,7H2,1-3H3,(H,15,16). The first-order valence-corrected chi connectivity index (χ1v) is 7.11. The first-order chi connectivity index (χ1) is 8.60. The summed E-state index contributed by atoms with van der Waals surface area (Å²) in [5.41, 5.74) is 0.940. The normalized spacial score (nSPS) is 13.2. The highest BCUT2D eigenvalue weighted by molar-refractivity contribution is 7.22. The maximum atomic E-state index is 5.96. The van der Waals surface area contributed by atoms with Crippen molar-refractivity contribution >= 4 is 38.3 Å². The SMILES string of the molecule is COCC(Nc1nc2cc(Cl)ccc2s1)C(C)C. The van der Waals surface area contributed by atoms with Gasteiger partial charge in [0.25, 0.3) is 0 Å². The van der Waals surface area contributed by atoms with Gasteiger partial charge in [0.1, 0.15) is 0 Å². The molecule has 0 spiro atoms. The molecule has 5 heteroatoms. The molecule has 0 aliphatic heterocycles. The van der Waals surface area contributed by atoms with Gasteiger partial charge in [-0.15, -0.1) is 0 Å². The molecule has 1 aromatic heterocycles. The van der Waals surface area contributed by atoms with Crippen LogP contribution in [0.4, 0.5) is 5.13 Å². The highest BCUT2D eigenvalue weighted by Gasteiger charge is 2.15. The average molecular weight is 285 g/mol. The van der Waals surface area contributed by atoms with Crippen molar-refractivity contribution in [3.8, 4) is 0 Å². The van der Waals surface area contributed by atoms with Gasteiger partial charge in [-0.25, -0.2) is 4.98 Å². The van der Waals surface area contributed by atoms with Crippen molar-refractivity contribution in [2.24, 2.45) is 5.92 Å². The Kier molecular flexibility index (Phi) is 4.43. The Hall–Kier alpha value is -0.840. The van der Waals surface area contributed by atoms with E-state index in [2.05, 4.69) is 24.1 Å². The van der Waals surface area contributed by atoms with Gasteiger partial charge >= 0.3 is 0 Å². The van der Waals surface area contributed by atoms with Gasteiger partial charge in [-0.2, -0.15) is 0 Å². The molecule has 0 bridgehead atoms. The number of methoxy groups -OCH3 is 1. The lowest BCUT2D eigenvalue weighted by molar-refractivity contribution is 0.171. The number of nitrogens with zero attached hydrogens (tertiary/aromatic N) is 1. The van der Waals surface area contributed by atoms with Crippen LogP contribution in [0.15, 0.2) is 18.2 Å². The number of hydrogen-bond donors (Lipinski definition) is 1. The number of thiazole rings is 1. The summed E-state index contributed by atoms with van der Waals surface area (Å²) in [6.07, 6.45) is 0. The van der Waals surface area contributed by atoms with Crippen LogP contribution >= 0.6 is 22.9 Å². The summed E-state index contributed by atoms with van der Waals surface area (Å²) in [4.78, 5) is 4.55. The lowest BCUT2D eigenvalue weighted by Crippen LogP contribution is -2.30. The van der Waals surface area contributed by atoms with Crippen LogP contribution < -0.4 is 5.32 Å². The second kappa shape index (κ2) is 5.87. The molecule has 0 radical (unpaired) electrons. The predicted octanol–water partition coefficient (Wildman–Crippen LogP) is 4.03. The van der Waals surface area contributed by atoms with E-state index < -0.39 is 0 Å². The molecule has 1 heterocycles. The number of anilines is 1. The van der Waals surface area contributed by atoms with Crippen molar-refractivity contribution < 1.29 is 4.74 Å². The number of hydrogen-bond acceptors (Lipinski definition) is 4. The highest BCUT2D eigenvalue weighted by atomic mass is 35.5. The molecule has 0 amide bonds. The number of benzene rings is 1. The van der Waals surface area contributed by atoms with E-state index in [4.69, 9.17) is 16.3 Å². The zero-order chi connectivity index (χ0) is 13.1. The molecular formula is C13H17ClN2OS. The Bertz CT molecular complexity index is 527. The molecule has 3 nitrogen and oxygen atoms in total. The van der Waals surface area contributed by atoms with E-state index in [0.717, 1.165) is 20.4 Å². The molecule has 1 N–H and O–H groups in total. The van der Waals surface area contributed by atoms with Gasteiger partial charge in [-0.3, -0.25) is 0 Å². The second-order valence-electron chi connectivity index (χ2n) is 4.58. The van der Waals surface area contributed by atoms with Crippen molar-refractivity contribution in [1.29, 1.82) is 0 Å². The summed E-state index contributed by atoms with van der Waals surface area (Å²) in [6, 6.07) is 6.05. The molecule has 18 heavy (non-hydrogen) atoms. The minimum Gasteiger partial charge on any atom is -0.383 e. The Morgan fingerprint density at radius 2 is 2.22 bits per heavy atom. The molecule has 2 aromatic rings. The van der Waals surface area contributed by atoms with Gasteiger partial charge in [0.2, 0.25) is 0 Å². The molecular weight excluding hydrogens is 268 g/mol. The first kappa shape index (κ1) is 13.6. The fourth-order valence-electron chi connectivity index (χ4n) is 1.70. The third-order valence-electron chi connectivity index (χ3n) is 2.81. The van der Waals surface area contributed by atoms with Gasteiger partial charge < -0.3 is 10.1 Å². The third kappa shape index (κ3) is 3.13. The quantitative estimate of drug-likeness (QED) is 0.900. The molecule has 0 aliphatic rings. The number of fused-ring (bicyclic) bond motifs is 1. The van der Waals surface area contributed by atoms with Crippen LogP contribution in [0.25, 0.3) is 10.2 Å². The van der Waals surface area contributed by atoms with Crippen molar-refractivity contribution in [2.45, 2.75) is 19.9 Å². The Morgan fingerprint density at radius 3 is 2.89 bits per heavy atom. The molecule has 1 atom stereocenters. The largest absolute Gasteiger partial charge is 0.383 e. The van der Waals surface area contributed by atoms with E-state index in [1.165, 1.54) is 0 Å². The number of aromatic nitrogens is 1. The lowest BCUT2D eigenvalue weighted by Gasteiger charge is -2.20. The van der Waals surface area contributed by atoms with Crippen LogP contribution in [0.2, 0.25) is 5.02 Å². The molecule has 1 unspecified atom stereocenters. The fourth-order valence-corrected chi connectivity index (χ4v) is 2.78. The summed E-state index contributed by atoms with van der Waals surface area (Å²) < 4.78 is 6.36. The van der Waals surface area contributed by atoms with Crippen LogP contribution in [-0.4, -0.2) is 24.7 Å². The van der Waals surface area contributed by atoms with E-state index in [1.807, 2.05) is 18.2 Å². The van der Waals surface area contributed by atoms with E-state index in [9.17, 15) is 0 Å². The van der Waals surface area contributed by atoms with Gasteiger partial charge in [0, 0.05) is 12.1 Å². The van der Waals surface area contributed by atoms with E-state index in [1.54, 1.807) is 18.4 Å². The number of ether oxygens (including phenoxy) is 1. The van der Waals surface area contributed by atoms with Crippen LogP contribution in [0, 0.1) is 5.92 Å². The van der Waals surface area contributed by atoms with Gasteiger partial charge in [-0.05, 0) is 24.1 Å². The molecule has 98 valence electrons. The van der Waals surface area contributed by atoms with E-state index in [0.29, 0.717) is 12.5 Å². The van der Waals surface area contributed by atoms with Crippen LogP contribution in [0.3, 0.4) is 0 Å². The van der Waals surface area contributed by atoms with Gasteiger partial charge in [0.15, 0.2) is 5.13 Å². The zero-order valence-corrected chi connectivity index (χ0v) is 12.3. The average Bonchev–Trinajstić information content (AvgIpc) is 2.69. The number of nitrogens with one attached hydrogen (secondary N) is 1. The summed E-state index contributed by atoms with van der Waals surface area (Å²) >= 11 is 7.60. The molecule has 1 aromatic carbocycles. The van der Waals surface area contributed by atoms with Crippen molar-refractivity contribution in [1.82, 2.24) is 4.98 Å². The van der Waals surface area contributed by atoms with Crippen molar-refractivity contribution in [3.63, 3.8) is 0 Å². The maximum Gasteiger partial charge on any atom is 0.184 e. The Balaban J connectivity index is 2.20. The molecule has 0 fully saturated rings. The van der Waals surface area contributed by atoms with Crippen molar-refractivity contribution in [3.05, 3.63) is 23.2 Å². The molecule has 2 rings (SSSR count). The Labute approximate surface area is 116 Å². The molecule has 0 saturated heterocycles. The predicted molar refractivity (Wildman–Crippen MR) is 78.8 cm³/mol. The molecule has 0 aliphatic carbocycles. The smallest absolute Gasteiger partial charge is 0.184 e. The molecule has 0 saturated carbocycles. The van der Waals surface area contributed by atoms with E-state index in [-0.39, 0.29) is 6.04 Å². The maximum absolute atomic E-state index is 5.96. The minimum atomic E-state index is 0.269. The summed E-state index contributed by atoms with van der Waals surface area (Å²) in [6.45, 7) is 5.01. The van der Waals surface area contributed by atoms with E-state index >= 15 is 0 Å². The van der Waals surface area contributed by atoms with Gasteiger partial charge in [-0.1, -0.05) is 36.8 Å².